The van der Waals surface area contributed by atoms with Crippen LogP contribution in [0.4, 0.5) is 5.69 Å². The minimum absolute atomic E-state index is 0.0243. The molecule has 0 bridgehead atoms. The van der Waals surface area contributed by atoms with Gasteiger partial charge in [-0.25, -0.2) is 4.79 Å². The maximum atomic E-state index is 11.8. The van der Waals surface area contributed by atoms with Crippen molar-refractivity contribution in [3.8, 4) is 0 Å². The summed E-state index contributed by atoms with van der Waals surface area (Å²) in [4.78, 5) is 23.4. The van der Waals surface area contributed by atoms with Crippen LogP contribution in [-0.2, 0) is 14.3 Å². The van der Waals surface area contributed by atoms with Gasteiger partial charge in [-0.05, 0) is 18.2 Å². The lowest BCUT2D eigenvalue weighted by molar-refractivity contribution is -0.125. The van der Waals surface area contributed by atoms with Crippen LogP contribution in [0.2, 0.25) is 5.02 Å². The zero-order valence-electron chi connectivity index (χ0n) is 10.6. The summed E-state index contributed by atoms with van der Waals surface area (Å²) in [5, 5.41) is 2.92. The molecule has 1 amide bonds. The Bertz CT molecular complexity index is 475. The topological polar surface area (TPSA) is 90.7 Å². The van der Waals surface area contributed by atoms with Crippen molar-refractivity contribution in [1.82, 2.24) is 0 Å². The Hall–Kier alpha value is -1.63. The number of carbonyl (C=O) groups is 2. The molecule has 1 unspecified atom stereocenters. The molecule has 0 aliphatic carbocycles. The van der Waals surface area contributed by atoms with Gasteiger partial charge in [0.2, 0.25) is 0 Å². The SMILES string of the molecule is COC(=O)c1ccc(Cl)cc1NC(=O)C(CN)OC. The molecule has 1 atom stereocenters. The fourth-order valence-electron chi connectivity index (χ4n) is 1.43. The van der Waals surface area contributed by atoms with Gasteiger partial charge in [0.15, 0.2) is 0 Å². The van der Waals surface area contributed by atoms with Gasteiger partial charge >= 0.3 is 5.97 Å². The number of nitrogens with one attached hydrogen (secondary N) is 1. The molecule has 0 aliphatic rings. The maximum Gasteiger partial charge on any atom is 0.339 e. The molecule has 0 radical (unpaired) electrons. The van der Waals surface area contributed by atoms with Crippen molar-refractivity contribution in [2.24, 2.45) is 5.73 Å². The summed E-state index contributed by atoms with van der Waals surface area (Å²) in [5.74, 6) is -1.04. The van der Waals surface area contributed by atoms with Crippen molar-refractivity contribution in [1.29, 1.82) is 0 Å². The molecule has 1 aromatic rings. The quantitative estimate of drug-likeness (QED) is 0.789. The van der Waals surface area contributed by atoms with Crippen LogP contribution in [0.25, 0.3) is 0 Å². The fourth-order valence-corrected chi connectivity index (χ4v) is 1.60. The van der Waals surface area contributed by atoms with E-state index in [9.17, 15) is 9.59 Å². The van der Waals surface area contributed by atoms with Crippen LogP contribution in [0.15, 0.2) is 18.2 Å². The first-order valence-electron chi connectivity index (χ1n) is 5.45. The molecule has 19 heavy (non-hydrogen) atoms. The van der Waals surface area contributed by atoms with E-state index >= 15 is 0 Å². The summed E-state index contributed by atoms with van der Waals surface area (Å²) in [6, 6.07) is 4.45. The van der Waals surface area contributed by atoms with Crippen LogP contribution in [0.3, 0.4) is 0 Å². The number of methoxy groups -OCH3 is 2. The van der Waals surface area contributed by atoms with Crippen LogP contribution >= 0.6 is 11.6 Å². The highest BCUT2D eigenvalue weighted by Gasteiger charge is 2.19. The number of hydrogen-bond donors (Lipinski definition) is 2. The Kier molecular flexibility index (Phi) is 5.75. The number of esters is 1. The molecule has 0 aromatic heterocycles. The molecule has 0 heterocycles. The van der Waals surface area contributed by atoms with Crippen LogP contribution < -0.4 is 11.1 Å². The van der Waals surface area contributed by atoms with Gasteiger partial charge in [-0.1, -0.05) is 11.6 Å². The van der Waals surface area contributed by atoms with Crippen LogP contribution in [0, 0.1) is 0 Å². The van der Waals surface area contributed by atoms with Crippen LogP contribution in [-0.4, -0.2) is 38.7 Å². The second-order valence-corrected chi connectivity index (χ2v) is 4.07. The number of ether oxygens (including phenoxy) is 2. The molecule has 1 rings (SSSR count). The molecule has 7 heteroatoms. The predicted molar refractivity (Wildman–Crippen MR) is 71.3 cm³/mol. The molecular weight excluding hydrogens is 272 g/mol. The number of benzene rings is 1. The van der Waals surface area contributed by atoms with E-state index in [2.05, 4.69) is 10.1 Å². The van der Waals surface area contributed by atoms with E-state index < -0.39 is 18.0 Å². The Balaban J connectivity index is 3.02. The molecule has 0 spiro atoms. The van der Waals surface area contributed by atoms with Crippen molar-refractivity contribution in [3.63, 3.8) is 0 Å². The molecule has 104 valence electrons. The predicted octanol–water partition coefficient (Wildman–Crippen LogP) is 1.04. The zero-order chi connectivity index (χ0) is 14.4. The van der Waals surface area contributed by atoms with Crippen molar-refractivity contribution in [3.05, 3.63) is 28.8 Å². The summed E-state index contributed by atoms with van der Waals surface area (Å²) in [5.41, 5.74) is 5.84. The standard InChI is InChI=1S/C12H15ClN2O4/c1-18-10(6-14)11(16)15-9-5-7(13)3-4-8(9)12(17)19-2/h3-5,10H,6,14H2,1-2H3,(H,15,16). The lowest BCUT2D eigenvalue weighted by Crippen LogP contribution is -2.36. The average molecular weight is 287 g/mol. The number of carbonyl (C=O) groups excluding carboxylic acids is 2. The van der Waals surface area contributed by atoms with E-state index in [0.29, 0.717) is 5.02 Å². The molecule has 3 N–H and O–H groups in total. The van der Waals surface area contributed by atoms with E-state index in [1.54, 1.807) is 0 Å². The van der Waals surface area contributed by atoms with E-state index in [0.717, 1.165) is 0 Å². The number of hydrogen-bond acceptors (Lipinski definition) is 5. The van der Waals surface area contributed by atoms with Gasteiger partial charge in [0.1, 0.15) is 6.10 Å². The molecular formula is C12H15ClN2O4. The highest BCUT2D eigenvalue weighted by atomic mass is 35.5. The first-order chi connectivity index (χ1) is 9.03. The zero-order valence-corrected chi connectivity index (χ0v) is 11.4. The van der Waals surface area contributed by atoms with Crippen molar-refractivity contribution in [2.45, 2.75) is 6.10 Å². The van der Waals surface area contributed by atoms with E-state index in [4.69, 9.17) is 22.1 Å². The van der Waals surface area contributed by atoms with E-state index in [1.165, 1.54) is 32.4 Å². The Morgan fingerprint density at radius 2 is 2.11 bits per heavy atom. The Labute approximate surface area is 115 Å². The lowest BCUT2D eigenvalue weighted by atomic mass is 10.1. The fraction of sp³-hybridized carbons (Fsp3) is 0.333. The highest BCUT2D eigenvalue weighted by Crippen LogP contribution is 2.22. The van der Waals surface area contributed by atoms with Gasteiger partial charge in [-0.15, -0.1) is 0 Å². The number of halogens is 1. The summed E-state index contributed by atoms with van der Waals surface area (Å²) in [6.07, 6.45) is -0.801. The van der Waals surface area contributed by atoms with Crippen molar-refractivity contribution < 1.29 is 19.1 Å². The number of amides is 1. The second-order valence-electron chi connectivity index (χ2n) is 3.63. The van der Waals surface area contributed by atoms with Gasteiger partial charge in [0.05, 0.1) is 18.4 Å². The second kappa shape index (κ2) is 7.08. The summed E-state index contributed by atoms with van der Waals surface area (Å²) >= 11 is 5.84. The van der Waals surface area contributed by atoms with Gasteiger partial charge in [0.25, 0.3) is 5.91 Å². The summed E-state index contributed by atoms with van der Waals surface area (Å²) in [6.45, 7) is 0.0243. The van der Waals surface area contributed by atoms with E-state index in [-0.39, 0.29) is 17.8 Å². The smallest absolute Gasteiger partial charge is 0.339 e. The molecule has 0 aliphatic heterocycles. The van der Waals surface area contributed by atoms with Crippen LogP contribution in [0.1, 0.15) is 10.4 Å². The van der Waals surface area contributed by atoms with Gasteiger partial charge in [-0.2, -0.15) is 0 Å². The van der Waals surface area contributed by atoms with Crippen LogP contribution in [0.5, 0.6) is 0 Å². The number of nitrogens with two attached hydrogens (primary N) is 1. The Morgan fingerprint density at radius 3 is 2.63 bits per heavy atom. The van der Waals surface area contributed by atoms with Crippen molar-refractivity contribution in [2.75, 3.05) is 26.1 Å². The third-order valence-corrected chi connectivity index (χ3v) is 2.67. The Morgan fingerprint density at radius 1 is 1.42 bits per heavy atom. The first-order valence-corrected chi connectivity index (χ1v) is 5.82. The third kappa shape index (κ3) is 3.92. The van der Waals surface area contributed by atoms with Gasteiger partial charge in [0, 0.05) is 18.7 Å². The van der Waals surface area contributed by atoms with Gasteiger partial charge in [-0.3, -0.25) is 4.79 Å². The highest BCUT2D eigenvalue weighted by molar-refractivity contribution is 6.31. The largest absolute Gasteiger partial charge is 0.465 e. The molecule has 0 fully saturated rings. The first kappa shape index (κ1) is 15.4. The monoisotopic (exact) mass is 286 g/mol. The molecule has 0 saturated carbocycles. The van der Waals surface area contributed by atoms with Gasteiger partial charge < -0.3 is 20.5 Å². The lowest BCUT2D eigenvalue weighted by Gasteiger charge is -2.15. The average Bonchev–Trinajstić information content (AvgIpc) is 2.39. The molecule has 6 nitrogen and oxygen atoms in total. The summed E-state index contributed by atoms with van der Waals surface area (Å²) in [7, 11) is 2.62. The third-order valence-electron chi connectivity index (χ3n) is 2.44. The van der Waals surface area contributed by atoms with E-state index in [1.807, 2.05) is 0 Å². The maximum absolute atomic E-state index is 11.8. The summed E-state index contributed by atoms with van der Waals surface area (Å²) < 4.78 is 9.53. The minimum atomic E-state index is -0.801. The number of rotatable bonds is 5. The normalized spacial score (nSPS) is 11.8. The van der Waals surface area contributed by atoms with Crippen molar-refractivity contribution >= 4 is 29.2 Å². The minimum Gasteiger partial charge on any atom is -0.465 e. The number of anilines is 1. The molecule has 0 saturated heterocycles. The molecule has 1 aromatic carbocycles.